The van der Waals surface area contributed by atoms with Crippen molar-refractivity contribution in [3.05, 3.63) is 18.5 Å². The average molecular weight is 269 g/mol. The molecule has 0 bridgehead atoms. The number of hydrogen-bond acceptors (Lipinski definition) is 4. The van der Waals surface area contributed by atoms with Gasteiger partial charge in [0.05, 0.1) is 18.6 Å². The van der Waals surface area contributed by atoms with Crippen molar-refractivity contribution in [3.63, 3.8) is 0 Å². The van der Waals surface area contributed by atoms with Crippen LogP contribution in [0.2, 0.25) is 0 Å². The number of carboxylic acid groups (broad SMARTS) is 1. The van der Waals surface area contributed by atoms with Crippen LogP contribution in [0, 0.1) is 0 Å². The summed E-state index contributed by atoms with van der Waals surface area (Å²) in [6.45, 7) is 3.45. The Labute approximate surface area is 111 Å². The lowest BCUT2D eigenvalue weighted by molar-refractivity contribution is -0.140. The molecule has 2 atom stereocenters. The maximum absolute atomic E-state index is 12.1. The maximum atomic E-state index is 12.1. The van der Waals surface area contributed by atoms with Crippen molar-refractivity contribution in [2.24, 2.45) is 0 Å². The van der Waals surface area contributed by atoms with Crippen LogP contribution >= 0.6 is 0 Å². The Morgan fingerprint density at radius 3 is 2.74 bits per heavy atom. The van der Waals surface area contributed by atoms with Gasteiger partial charge in [-0.3, -0.25) is 14.3 Å². The van der Waals surface area contributed by atoms with E-state index in [1.165, 1.54) is 11.8 Å². The SMILES string of the molecule is COCC(C)(CC(=O)O)NC(=O)C(C)n1cccn1. The number of rotatable bonds is 7. The molecule has 19 heavy (non-hydrogen) atoms. The molecule has 0 aliphatic carbocycles. The van der Waals surface area contributed by atoms with Gasteiger partial charge in [-0.05, 0) is 19.9 Å². The van der Waals surface area contributed by atoms with Gasteiger partial charge in [0, 0.05) is 19.5 Å². The zero-order chi connectivity index (χ0) is 14.5. The first-order valence-electron chi connectivity index (χ1n) is 5.90. The zero-order valence-electron chi connectivity index (χ0n) is 11.3. The molecule has 1 amide bonds. The Morgan fingerprint density at radius 1 is 1.58 bits per heavy atom. The molecule has 0 saturated carbocycles. The number of ether oxygens (including phenoxy) is 1. The number of aliphatic carboxylic acids is 1. The number of nitrogens with zero attached hydrogens (tertiary/aromatic N) is 2. The van der Waals surface area contributed by atoms with E-state index in [9.17, 15) is 9.59 Å². The summed E-state index contributed by atoms with van der Waals surface area (Å²) in [6.07, 6.45) is 3.04. The molecule has 0 fully saturated rings. The van der Waals surface area contributed by atoms with Crippen LogP contribution in [0.25, 0.3) is 0 Å². The fourth-order valence-corrected chi connectivity index (χ4v) is 1.82. The van der Waals surface area contributed by atoms with Gasteiger partial charge in [0.15, 0.2) is 0 Å². The van der Waals surface area contributed by atoms with E-state index in [4.69, 9.17) is 9.84 Å². The molecule has 106 valence electrons. The van der Waals surface area contributed by atoms with Crippen LogP contribution in [0.5, 0.6) is 0 Å². The first kappa shape index (κ1) is 15.2. The highest BCUT2D eigenvalue weighted by molar-refractivity contribution is 5.81. The number of carboxylic acids is 1. The predicted molar refractivity (Wildman–Crippen MR) is 67.6 cm³/mol. The van der Waals surface area contributed by atoms with Crippen LogP contribution in [-0.4, -0.2) is 46.0 Å². The van der Waals surface area contributed by atoms with Crippen LogP contribution < -0.4 is 5.32 Å². The quantitative estimate of drug-likeness (QED) is 0.749. The highest BCUT2D eigenvalue weighted by atomic mass is 16.5. The van der Waals surface area contributed by atoms with Gasteiger partial charge in [0.25, 0.3) is 0 Å². The predicted octanol–water partition coefficient (Wildman–Crippen LogP) is 0.440. The molecule has 0 radical (unpaired) electrons. The standard InChI is InChI=1S/C12H19N3O4/c1-9(15-6-4-5-13-15)11(18)14-12(2,8-19-3)7-10(16)17/h4-6,9H,7-8H2,1-3H3,(H,14,18)(H,16,17). The van der Waals surface area contributed by atoms with Crippen LogP contribution in [0.3, 0.4) is 0 Å². The highest BCUT2D eigenvalue weighted by Crippen LogP contribution is 2.13. The fraction of sp³-hybridized carbons (Fsp3) is 0.583. The summed E-state index contributed by atoms with van der Waals surface area (Å²) in [5.74, 6) is -1.30. The number of hydrogen-bond donors (Lipinski definition) is 2. The van der Waals surface area contributed by atoms with Gasteiger partial charge in [0.2, 0.25) is 5.91 Å². The van der Waals surface area contributed by atoms with E-state index >= 15 is 0 Å². The van der Waals surface area contributed by atoms with E-state index < -0.39 is 17.6 Å². The number of nitrogens with one attached hydrogen (secondary N) is 1. The minimum atomic E-state index is -0.994. The summed E-state index contributed by atoms with van der Waals surface area (Å²) in [7, 11) is 1.46. The number of carbonyl (C=O) groups excluding carboxylic acids is 1. The molecular weight excluding hydrogens is 250 g/mol. The van der Waals surface area contributed by atoms with E-state index in [0.29, 0.717) is 0 Å². The van der Waals surface area contributed by atoms with Crippen molar-refractivity contribution < 1.29 is 19.4 Å². The van der Waals surface area contributed by atoms with Crippen molar-refractivity contribution in [1.82, 2.24) is 15.1 Å². The largest absolute Gasteiger partial charge is 0.481 e. The number of methoxy groups -OCH3 is 1. The van der Waals surface area contributed by atoms with Crippen LogP contribution in [0.15, 0.2) is 18.5 Å². The second kappa shape index (κ2) is 6.33. The van der Waals surface area contributed by atoms with Crippen molar-refractivity contribution in [2.45, 2.75) is 31.8 Å². The third-order valence-corrected chi connectivity index (χ3v) is 2.73. The topological polar surface area (TPSA) is 93.5 Å². The summed E-state index contributed by atoms with van der Waals surface area (Å²) in [4.78, 5) is 22.9. The number of amides is 1. The molecule has 7 heteroatoms. The average Bonchev–Trinajstić information content (AvgIpc) is 2.79. The van der Waals surface area contributed by atoms with Gasteiger partial charge in [-0.25, -0.2) is 0 Å². The van der Waals surface area contributed by atoms with Gasteiger partial charge < -0.3 is 15.2 Å². The molecule has 0 saturated heterocycles. The van der Waals surface area contributed by atoms with Crippen molar-refractivity contribution in [2.75, 3.05) is 13.7 Å². The third-order valence-electron chi connectivity index (χ3n) is 2.73. The van der Waals surface area contributed by atoms with Crippen LogP contribution in [0.4, 0.5) is 0 Å². The van der Waals surface area contributed by atoms with E-state index in [-0.39, 0.29) is 18.9 Å². The summed E-state index contributed by atoms with van der Waals surface area (Å²) in [5, 5.41) is 15.6. The first-order valence-corrected chi connectivity index (χ1v) is 5.90. The lowest BCUT2D eigenvalue weighted by atomic mass is 9.98. The molecule has 0 aliphatic heterocycles. The van der Waals surface area contributed by atoms with E-state index in [0.717, 1.165) is 0 Å². The Kier molecular flexibility index (Phi) is 5.05. The Hall–Kier alpha value is -1.89. The van der Waals surface area contributed by atoms with Gasteiger partial charge in [-0.15, -0.1) is 0 Å². The summed E-state index contributed by atoms with van der Waals surface area (Å²) in [5.41, 5.74) is -0.945. The van der Waals surface area contributed by atoms with Gasteiger partial charge >= 0.3 is 5.97 Å². The molecule has 2 N–H and O–H groups in total. The molecule has 1 aromatic rings. The molecular formula is C12H19N3O4. The first-order chi connectivity index (χ1) is 8.88. The number of aromatic nitrogens is 2. The lowest BCUT2D eigenvalue weighted by Gasteiger charge is -2.29. The lowest BCUT2D eigenvalue weighted by Crippen LogP contribution is -2.52. The van der Waals surface area contributed by atoms with Crippen molar-refractivity contribution in [3.8, 4) is 0 Å². The van der Waals surface area contributed by atoms with Gasteiger partial charge in [0.1, 0.15) is 6.04 Å². The molecule has 1 rings (SSSR count). The summed E-state index contributed by atoms with van der Waals surface area (Å²) >= 11 is 0. The monoisotopic (exact) mass is 269 g/mol. The second-order valence-corrected chi connectivity index (χ2v) is 4.72. The van der Waals surface area contributed by atoms with Crippen molar-refractivity contribution in [1.29, 1.82) is 0 Å². The van der Waals surface area contributed by atoms with Gasteiger partial charge in [-0.1, -0.05) is 0 Å². The van der Waals surface area contributed by atoms with E-state index in [2.05, 4.69) is 10.4 Å². The summed E-state index contributed by atoms with van der Waals surface area (Å²) < 4.78 is 6.48. The van der Waals surface area contributed by atoms with E-state index in [1.54, 1.807) is 32.3 Å². The molecule has 7 nitrogen and oxygen atoms in total. The molecule has 0 aromatic carbocycles. The van der Waals surface area contributed by atoms with E-state index in [1.807, 2.05) is 0 Å². The molecule has 2 unspecified atom stereocenters. The second-order valence-electron chi connectivity index (χ2n) is 4.72. The molecule has 0 aliphatic rings. The van der Waals surface area contributed by atoms with Gasteiger partial charge in [-0.2, -0.15) is 5.10 Å². The minimum absolute atomic E-state index is 0.122. The maximum Gasteiger partial charge on any atom is 0.305 e. The van der Waals surface area contributed by atoms with Crippen LogP contribution in [0.1, 0.15) is 26.3 Å². The Bertz CT molecular complexity index is 432. The highest BCUT2D eigenvalue weighted by Gasteiger charge is 2.31. The zero-order valence-corrected chi connectivity index (χ0v) is 11.3. The summed E-state index contributed by atoms with van der Waals surface area (Å²) in [6, 6.07) is 1.20. The minimum Gasteiger partial charge on any atom is -0.481 e. The molecule has 0 spiro atoms. The van der Waals surface area contributed by atoms with Crippen molar-refractivity contribution >= 4 is 11.9 Å². The Morgan fingerprint density at radius 2 is 2.26 bits per heavy atom. The number of carbonyl (C=O) groups is 2. The van der Waals surface area contributed by atoms with Crippen LogP contribution in [-0.2, 0) is 14.3 Å². The smallest absolute Gasteiger partial charge is 0.305 e. The normalized spacial score (nSPS) is 15.5. The third kappa shape index (κ3) is 4.36. The Balaban J connectivity index is 2.73. The fourth-order valence-electron chi connectivity index (χ4n) is 1.82. The molecule has 1 aromatic heterocycles. The molecule has 1 heterocycles.